The van der Waals surface area contributed by atoms with Crippen molar-refractivity contribution in [2.75, 3.05) is 6.61 Å². The summed E-state index contributed by atoms with van der Waals surface area (Å²) in [6.45, 7) is 3.16. The maximum atomic E-state index is 11.4. The normalized spacial score (nSPS) is 45.7. The Morgan fingerprint density at radius 3 is 2.50 bits per heavy atom. The van der Waals surface area contributed by atoms with Gasteiger partial charge in [-0.3, -0.25) is 0 Å². The summed E-state index contributed by atoms with van der Waals surface area (Å²) in [5.74, 6) is -2.49. The first kappa shape index (κ1) is 19.2. The Labute approximate surface area is 148 Å². The minimum Gasteiger partial charge on any atom is -0.478 e. The quantitative estimate of drug-likeness (QED) is 0.294. The van der Waals surface area contributed by atoms with E-state index in [-0.39, 0.29) is 12.0 Å². The van der Waals surface area contributed by atoms with E-state index in [4.69, 9.17) is 14.2 Å². The lowest BCUT2D eigenvalue weighted by atomic mass is 9.85. The first-order valence-corrected chi connectivity index (χ1v) is 8.17. The van der Waals surface area contributed by atoms with Crippen molar-refractivity contribution in [2.24, 2.45) is 11.8 Å². The minimum atomic E-state index is -1.63. The number of rotatable bonds is 4. The van der Waals surface area contributed by atoms with Crippen LogP contribution in [0.25, 0.3) is 0 Å². The Balaban J connectivity index is 1.81. The topological polar surface area (TPSA) is 166 Å². The molecule has 0 unspecified atom stereocenters. The highest BCUT2D eigenvalue weighted by Gasteiger charge is 2.51. The van der Waals surface area contributed by atoms with Crippen LogP contribution in [0.1, 0.15) is 6.42 Å². The van der Waals surface area contributed by atoms with Gasteiger partial charge >= 0.3 is 5.97 Å². The van der Waals surface area contributed by atoms with Crippen molar-refractivity contribution in [3.8, 4) is 0 Å². The average molecular weight is 374 g/mol. The molecule has 0 aromatic heterocycles. The summed E-state index contributed by atoms with van der Waals surface area (Å²) < 4.78 is 16.2. The van der Waals surface area contributed by atoms with Crippen LogP contribution >= 0.6 is 0 Å². The molecule has 1 saturated heterocycles. The molecule has 3 rings (SSSR count). The summed E-state index contributed by atoms with van der Waals surface area (Å²) in [6, 6.07) is 0. The van der Waals surface area contributed by atoms with Gasteiger partial charge in [0.25, 0.3) is 0 Å². The summed E-state index contributed by atoms with van der Waals surface area (Å²) in [5.41, 5.74) is 0.304. The van der Waals surface area contributed by atoms with Crippen LogP contribution in [0.2, 0.25) is 0 Å². The molecular weight excluding hydrogens is 352 g/mol. The van der Waals surface area contributed by atoms with E-state index in [0.717, 1.165) is 6.26 Å². The lowest BCUT2D eigenvalue weighted by molar-refractivity contribution is -0.339. The number of ether oxygens (including phenoxy) is 3. The fourth-order valence-corrected chi connectivity index (χ4v) is 3.65. The molecule has 2 aliphatic heterocycles. The summed E-state index contributed by atoms with van der Waals surface area (Å²) >= 11 is 0. The van der Waals surface area contributed by atoms with Crippen LogP contribution in [0, 0.1) is 11.8 Å². The van der Waals surface area contributed by atoms with Gasteiger partial charge in [-0.25, -0.2) is 4.79 Å². The number of carbonyl (C=O) groups is 1. The second-order valence-corrected chi connectivity index (χ2v) is 6.67. The van der Waals surface area contributed by atoms with E-state index in [1.54, 1.807) is 0 Å². The minimum absolute atomic E-state index is 0.0265. The second-order valence-electron chi connectivity index (χ2n) is 6.67. The largest absolute Gasteiger partial charge is 0.478 e. The maximum absolute atomic E-state index is 11.4. The number of carboxylic acid groups (broad SMARTS) is 1. The molecule has 0 aromatic carbocycles. The molecule has 0 amide bonds. The van der Waals surface area contributed by atoms with E-state index in [9.17, 15) is 35.4 Å². The van der Waals surface area contributed by atoms with Gasteiger partial charge in [0.2, 0.25) is 6.29 Å². The first-order valence-electron chi connectivity index (χ1n) is 8.17. The fourth-order valence-electron chi connectivity index (χ4n) is 3.65. The lowest BCUT2D eigenvalue weighted by Gasteiger charge is -2.42. The number of aliphatic carboxylic acids is 1. The third kappa shape index (κ3) is 3.14. The van der Waals surface area contributed by atoms with Gasteiger partial charge in [-0.05, 0) is 12.0 Å². The molecule has 1 aliphatic carbocycles. The standard InChI is InChI=1S/C16H22O10/c1-5-8(18)2-6-7(14(22)23)4-24-15(10(5)6)26-16-13(21)12(20)11(19)9(3-17)25-16/h4,6,8-13,15-21H,1-3H2,(H,22,23)/t6-,8+,9-,10-,11-,12+,13-,15+,16+/m1/s1. The van der Waals surface area contributed by atoms with Crippen molar-refractivity contribution in [1.29, 1.82) is 0 Å². The van der Waals surface area contributed by atoms with Crippen LogP contribution < -0.4 is 0 Å². The lowest BCUT2D eigenvalue weighted by Crippen LogP contribution is -2.60. The van der Waals surface area contributed by atoms with Crippen LogP contribution in [0.3, 0.4) is 0 Å². The fraction of sp³-hybridized carbons (Fsp3) is 0.688. The first-order chi connectivity index (χ1) is 12.3. The number of aliphatic hydroxyl groups excluding tert-OH is 5. The Bertz CT molecular complexity index is 602. The van der Waals surface area contributed by atoms with Gasteiger partial charge in [-0.15, -0.1) is 0 Å². The van der Waals surface area contributed by atoms with Crippen LogP contribution in [0.4, 0.5) is 0 Å². The molecule has 10 heteroatoms. The summed E-state index contributed by atoms with van der Waals surface area (Å²) in [6.07, 6.45) is -8.28. The van der Waals surface area contributed by atoms with Gasteiger partial charge < -0.3 is 44.8 Å². The van der Waals surface area contributed by atoms with Crippen LogP contribution in [0.15, 0.2) is 24.0 Å². The zero-order valence-electron chi connectivity index (χ0n) is 13.7. The number of hydrogen-bond acceptors (Lipinski definition) is 9. The van der Waals surface area contributed by atoms with Crippen molar-refractivity contribution < 1.29 is 49.6 Å². The SMILES string of the molecule is C=C1[C@H]2[C@H](O[C@@H]3O[C@H](CO)[C@@H](O)[C@H](O)[C@H]3O)OC=C(C(=O)O)[C@H]2C[C@@H]1O. The maximum Gasteiger partial charge on any atom is 0.334 e. The molecule has 9 atom stereocenters. The summed E-state index contributed by atoms with van der Waals surface area (Å²) in [7, 11) is 0. The highest BCUT2D eigenvalue weighted by molar-refractivity contribution is 5.87. The van der Waals surface area contributed by atoms with Crippen molar-refractivity contribution >= 4 is 5.97 Å². The third-order valence-corrected chi connectivity index (χ3v) is 5.15. The zero-order chi connectivity index (χ0) is 19.2. The summed E-state index contributed by atoms with van der Waals surface area (Å²) in [4.78, 5) is 11.4. The van der Waals surface area contributed by atoms with Gasteiger partial charge in [0.1, 0.15) is 24.4 Å². The molecular formula is C16H22O10. The number of hydrogen-bond donors (Lipinski definition) is 6. The van der Waals surface area contributed by atoms with E-state index in [1.165, 1.54) is 0 Å². The van der Waals surface area contributed by atoms with E-state index in [0.29, 0.717) is 5.57 Å². The molecule has 6 N–H and O–H groups in total. The van der Waals surface area contributed by atoms with Gasteiger partial charge in [-0.2, -0.15) is 0 Å². The van der Waals surface area contributed by atoms with E-state index in [2.05, 4.69) is 6.58 Å². The Kier molecular flexibility index (Phi) is 5.35. The molecule has 2 fully saturated rings. The van der Waals surface area contributed by atoms with Crippen LogP contribution in [-0.2, 0) is 19.0 Å². The molecule has 0 aromatic rings. The molecule has 10 nitrogen and oxygen atoms in total. The van der Waals surface area contributed by atoms with Crippen LogP contribution in [-0.4, -0.2) is 86.3 Å². The predicted octanol–water partition coefficient (Wildman–Crippen LogP) is -2.32. The van der Waals surface area contributed by atoms with Gasteiger partial charge in [0.15, 0.2) is 6.29 Å². The Hall–Kier alpha value is -1.53. The molecule has 2 heterocycles. The molecule has 3 aliphatic rings. The highest BCUT2D eigenvalue weighted by atomic mass is 16.8. The molecule has 1 saturated carbocycles. The predicted molar refractivity (Wildman–Crippen MR) is 82.2 cm³/mol. The van der Waals surface area contributed by atoms with E-state index < -0.39 is 67.5 Å². The van der Waals surface area contributed by atoms with Crippen molar-refractivity contribution in [3.63, 3.8) is 0 Å². The highest BCUT2D eigenvalue weighted by Crippen LogP contribution is 2.46. The monoisotopic (exact) mass is 374 g/mol. The van der Waals surface area contributed by atoms with Crippen LogP contribution in [0.5, 0.6) is 0 Å². The molecule has 0 bridgehead atoms. The Morgan fingerprint density at radius 2 is 1.88 bits per heavy atom. The van der Waals surface area contributed by atoms with E-state index >= 15 is 0 Å². The van der Waals surface area contributed by atoms with Crippen molar-refractivity contribution in [1.82, 2.24) is 0 Å². The van der Waals surface area contributed by atoms with Crippen molar-refractivity contribution in [2.45, 2.75) is 49.5 Å². The number of fused-ring (bicyclic) bond motifs is 1. The molecule has 146 valence electrons. The Morgan fingerprint density at radius 1 is 1.19 bits per heavy atom. The average Bonchev–Trinajstić information content (AvgIpc) is 2.90. The molecule has 26 heavy (non-hydrogen) atoms. The summed E-state index contributed by atoms with van der Waals surface area (Å²) in [5, 5.41) is 58.3. The third-order valence-electron chi connectivity index (χ3n) is 5.15. The van der Waals surface area contributed by atoms with E-state index in [1.807, 2.05) is 0 Å². The smallest absolute Gasteiger partial charge is 0.334 e. The number of carboxylic acids is 1. The van der Waals surface area contributed by atoms with Gasteiger partial charge in [-0.1, -0.05) is 6.58 Å². The van der Waals surface area contributed by atoms with Crippen molar-refractivity contribution in [3.05, 3.63) is 24.0 Å². The van der Waals surface area contributed by atoms with Gasteiger partial charge in [0.05, 0.1) is 30.5 Å². The zero-order valence-corrected chi connectivity index (χ0v) is 13.7. The van der Waals surface area contributed by atoms with Gasteiger partial charge in [0, 0.05) is 5.92 Å². The number of aliphatic hydroxyl groups is 5. The molecule has 0 spiro atoms. The second kappa shape index (κ2) is 7.24. The molecule has 0 radical (unpaired) electrons.